The molecule has 20 heavy (non-hydrogen) atoms. The van der Waals surface area contributed by atoms with Crippen molar-refractivity contribution in [2.75, 3.05) is 6.61 Å². The normalized spacial score (nSPS) is 18.2. The van der Waals surface area contributed by atoms with Gasteiger partial charge in [0.15, 0.2) is 8.32 Å². The van der Waals surface area contributed by atoms with E-state index in [1.807, 2.05) is 19.9 Å². The van der Waals surface area contributed by atoms with Crippen LogP contribution in [0.5, 0.6) is 0 Å². The lowest BCUT2D eigenvalue weighted by Crippen LogP contribution is -2.40. The molecule has 4 heteroatoms. The first-order valence-electron chi connectivity index (χ1n) is 7.69. The van der Waals surface area contributed by atoms with E-state index >= 15 is 0 Å². The van der Waals surface area contributed by atoms with Gasteiger partial charge in [0, 0.05) is 5.92 Å². The van der Waals surface area contributed by atoms with Gasteiger partial charge in [0.1, 0.15) is 0 Å². The summed E-state index contributed by atoms with van der Waals surface area (Å²) in [7, 11) is -1.72. The number of hydrogen-bond acceptors (Lipinski definition) is 3. The van der Waals surface area contributed by atoms with E-state index in [2.05, 4.69) is 33.9 Å². The highest BCUT2D eigenvalue weighted by Gasteiger charge is 2.36. The van der Waals surface area contributed by atoms with E-state index in [9.17, 15) is 10.2 Å². The fourth-order valence-corrected chi connectivity index (χ4v) is 2.58. The Hall–Kier alpha value is -0.163. The third kappa shape index (κ3) is 6.53. The van der Waals surface area contributed by atoms with Crippen LogP contribution in [0.3, 0.4) is 0 Å². The summed E-state index contributed by atoms with van der Waals surface area (Å²) in [5.74, 6) is -0.140. The first-order valence-corrected chi connectivity index (χ1v) is 10.6. The molecular weight excluding hydrogens is 268 g/mol. The highest BCUT2D eigenvalue weighted by atomic mass is 28.4. The number of hydrogen-bond donors (Lipinski definition) is 2. The maximum Gasteiger partial charge on any atom is 0.192 e. The van der Waals surface area contributed by atoms with Crippen molar-refractivity contribution in [1.82, 2.24) is 0 Å². The first-order chi connectivity index (χ1) is 9.03. The zero-order valence-corrected chi connectivity index (χ0v) is 15.3. The van der Waals surface area contributed by atoms with Gasteiger partial charge in [0.2, 0.25) is 0 Å². The molecule has 120 valence electrons. The second kappa shape index (κ2) is 8.32. The van der Waals surface area contributed by atoms with Crippen LogP contribution >= 0.6 is 0 Å². The van der Waals surface area contributed by atoms with Crippen LogP contribution < -0.4 is 0 Å². The molecule has 0 aromatic rings. The summed E-state index contributed by atoms with van der Waals surface area (Å²) in [6.45, 7) is 15.5. The molecule has 0 aliphatic rings. The molecule has 0 fully saturated rings. The first kappa shape index (κ1) is 19.8. The van der Waals surface area contributed by atoms with Crippen molar-refractivity contribution >= 4 is 8.32 Å². The lowest BCUT2D eigenvalue weighted by Gasteiger charge is -2.35. The zero-order valence-electron chi connectivity index (χ0n) is 14.3. The summed E-state index contributed by atoms with van der Waals surface area (Å²) in [6.07, 6.45) is 4.22. The molecule has 0 aromatic heterocycles. The van der Waals surface area contributed by atoms with Gasteiger partial charge in [-0.25, -0.2) is 0 Å². The second-order valence-corrected chi connectivity index (χ2v) is 12.0. The highest BCUT2D eigenvalue weighted by molar-refractivity contribution is 6.74. The maximum atomic E-state index is 10.0. The Labute approximate surface area is 126 Å². The van der Waals surface area contributed by atoms with Crippen molar-refractivity contribution < 1.29 is 14.6 Å². The van der Waals surface area contributed by atoms with Crippen molar-refractivity contribution in [3.63, 3.8) is 0 Å². The summed E-state index contributed by atoms with van der Waals surface area (Å²) in [4.78, 5) is 0. The molecule has 3 atom stereocenters. The van der Waals surface area contributed by atoms with Gasteiger partial charge in [0.05, 0.1) is 18.8 Å². The Morgan fingerprint density at radius 2 is 1.75 bits per heavy atom. The Balaban J connectivity index is 4.26. The predicted molar refractivity (Wildman–Crippen MR) is 88.4 cm³/mol. The molecule has 0 bridgehead atoms. The standard InChI is InChI=1S/C16H34O3Si/c1-8-10-14(17)13(2)15(18)11-9-12-19-20(6,7)16(3,4)5/h9,11,13-15,17-18H,8,10,12H2,1-7H3/b11-9+/t13-,14-,15-/m0/s1. The minimum atomic E-state index is -1.72. The van der Waals surface area contributed by atoms with Crippen LogP contribution in [0.1, 0.15) is 47.5 Å². The summed E-state index contributed by atoms with van der Waals surface area (Å²) >= 11 is 0. The van der Waals surface area contributed by atoms with Gasteiger partial charge in [-0.05, 0) is 24.6 Å². The quantitative estimate of drug-likeness (QED) is 0.530. The third-order valence-electron chi connectivity index (χ3n) is 4.41. The van der Waals surface area contributed by atoms with E-state index in [0.717, 1.165) is 12.8 Å². The van der Waals surface area contributed by atoms with E-state index in [1.54, 1.807) is 6.08 Å². The van der Waals surface area contributed by atoms with E-state index in [0.29, 0.717) is 6.61 Å². The zero-order chi connectivity index (χ0) is 16.0. The van der Waals surface area contributed by atoms with Gasteiger partial charge in [-0.3, -0.25) is 0 Å². The molecule has 0 radical (unpaired) electrons. The van der Waals surface area contributed by atoms with Crippen LogP contribution in [0.2, 0.25) is 18.1 Å². The maximum absolute atomic E-state index is 10.0. The highest BCUT2D eigenvalue weighted by Crippen LogP contribution is 2.36. The van der Waals surface area contributed by atoms with Crippen molar-refractivity contribution in [2.45, 2.75) is 77.8 Å². The minimum absolute atomic E-state index is 0.140. The van der Waals surface area contributed by atoms with Gasteiger partial charge >= 0.3 is 0 Å². The molecule has 0 spiro atoms. The van der Waals surface area contributed by atoms with Crippen LogP contribution in [-0.4, -0.2) is 37.3 Å². The molecule has 0 saturated carbocycles. The van der Waals surface area contributed by atoms with E-state index in [1.165, 1.54) is 0 Å². The smallest absolute Gasteiger partial charge is 0.192 e. The number of aliphatic hydroxyl groups is 2. The molecular formula is C16H34O3Si. The summed E-state index contributed by atoms with van der Waals surface area (Å²) in [5, 5.41) is 20.1. The summed E-state index contributed by atoms with van der Waals surface area (Å²) < 4.78 is 6.01. The fraction of sp³-hybridized carbons (Fsp3) is 0.875. The van der Waals surface area contributed by atoms with Gasteiger partial charge in [-0.1, -0.05) is 53.2 Å². The third-order valence-corrected chi connectivity index (χ3v) is 8.91. The average Bonchev–Trinajstić information content (AvgIpc) is 2.32. The molecule has 0 saturated heterocycles. The van der Waals surface area contributed by atoms with Crippen LogP contribution in [0.15, 0.2) is 12.2 Å². The van der Waals surface area contributed by atoms with E-state index in [4.69, 9.17) is 4.43 Å². The average molecular weight is 303 g/mol. The molecule has 0 rings (SSSR count). The predicted octanol–water partition coefficient (Wildman–Crippen LogP) is 3.72. The van der Waals surface area contributed by atoms with E-state index < -0.39 is 20.5 Å². The monoisotopic (exact) mass is 302 g/mol. The lowest BCUT2D eigenvalue weighted by molar-refractivity contribution is 0.0394. The van der Waals surface area contributed by atoms with Crippen LogP contribution in [0.4, 0.5) is 0 Å². The largest absolute Gasteiger partial charge is 0.413 e. The van der Waals surface area contributed by atoms with Crippen molar-refractivity contribution in [3.05, 3.63) is 12.2 Å². The van der Waals surface area contributed by atoms with E-state index in [-0.39, 0.29) is 11.0 Å². The Kier molecular flexibility index (Phi) is 8.25. The molecule has 0 unspecified atom stereocenters. The Morgan fingerprint density at radius 3 is 2.20 bits per heavy atom. The summed E-state index contributed by atoms with van der Waals surface area (Å²) in [6, 6.07) is 0. The summed E-state index contributed by atoms with van der Waals surface area (Å²) in [5.41, 5.74) is 0. The van der Waals surface area contributed by atoms with Crippen LogP contribution in [-0.2, 0) is 4.43 Å². The van der Waals surface area contributed by atoms with Crippen LogP contribution in [0.25, 0.3) is 0 Å². The van der Waals surface area contributed by atoms with Crippen molar-refractivity contribution in [1.29, 1.82) is 0 Å². The van der Waals surface area contributed by atoms with Crippen molar-refractivity contribution in [3.8, 4) is 0 Å². The van der Waals surface area contributed by atoms with Crippen LogP contribution in [0, 0.1) is 5.92 Å². The van der Waals surface area contributed by atoms with Gasteiger partial charge in [-0.15, -0.1) is 0 Å². The molecule has 0 aliphatic carbocycles. The SMILES string of the molecule is CCC[C@H](O)[C@H](C)[C@@H](O)/C=C/CO[Si](C)(C)C(C)(C)C. The second-order valence-electron chi connectivity index (χ2n) is 7.21. The number of rotatable bonds is 8. The van der Waals surface area contributed by atoms with Gasteiger partial charge in [0.25, 0.3) is 0 Å². The topological polar surface area (TPSA) is 49.7 Å². The molecule has 0 amide bonds. The molecule has 3 nitrogen and oxygen atoms in total. The minimum Gasteiger partial charge on any atom is -0.413 e. The molecule has 0 aliphatic heterocycles. The molecule has 0 heterocycles. The number of aliphatic hydroxyl groups excluding tert-OH is 2. The fourth-order valence-electron chi connectivity index (χ4n) is 1.63. The Morgan fingerprint density at radius 1 is 1.20 bits per heavy atom. The van der Waals surface area contributed by atoms with Gasteiger partial charge in [-0.2, -0.15) is 0 Å². The molecule has 0 aromatic carbocycles. The Bertz CT molecular complexity index is 295. The lowest BCUT2D eigenvalue weighted by atomic mass is 9.95. The van der Waals surface area contributed by atoms with Crippen molar-refractivity contribution in [2.24, 2.45) is 5.92 Å². The molecule has 2 N–H and O–H groups in total. The van der Waals surface area contributed by atoms with Gasteiger partial charge < -0.3 is 14.6 Å².